The van der Waals surface area contributed by atoms with Gasteiger partial charge in [0.2, 0.25) is 11.7 Å². The molecule has 0 unspecified atom stereocenters. The standard InChI is InChI=1S/C23H22N2O4/c1-14-7-9-17(10-8-14)25-12-16(11-21(25)27)23(28)29-13-20(26)22-15(2)24-19-6-4-3-5-18(19)22/h3-10,16,24H,11-13H2,1-2H3/t16-/m0/s1. The van der Waals surface area contributed by atoms with Crippen LogP contribution in [0, 0.1) is 19.8 Å². The molecule has 0 bridgehead atoms. The molecular formula is C23H22N2O4. The first kappa shape index (κ1) is 18.9. The number of aryl methyl sites for hydroxylation is 2. The lowest BCUT2D eigenvalue weighted by atomic mass is 10.1. The molecule has 6 heteroatoms. The number of carbonyl (C=O) groups excluding carboxylic acids is 3. The quantitative estimate of drug-likeness (QED) is 0.534. The van der Waals surface area contributed by atoms with E-state index >= 15 is 0 Å². The van der Waals surface area contributed by atoms with Crippen molar-refractivity contribution >= 4 is 34.3 Å². The van der Waals surface area contributed by atoms with E-state index in [0.29, 0.717) is 5.56 Å². The summed E-state index contributed by atoms with van der Waals surface area (Å²) < 4.78 is 5.29. The number of rotatable bonds is 5. The number of H-pyrrole nitrogens is 1. The minimum absolute atomic E-state index is 0.0903. The fraction of sp³-hybridized carbons (Fsp3) is 0.261. The Kier molecular flexibility index (Phi) is 4.92. The summed E-state index contributed by atoms with van der Waals surface area (Å²) in [5.41, 5.74) is 4.02. The summed E-state index contributed by atoms with van der Waals surface area (Å²) >= 11 is 0. The number of nitrogens with zero attached hydrogens (tertiary/aromatic N) is 1. The van der Waals surface area contributed by atoms with E-state index in [0.717, 1.165) is 27.8 Å². The van der Waals surface area contributed by atoms with E-state index in [4.69, 9.17) is 4.74 Å². The molecule has 1 amide bonds. The first-order valence-electron chi connectivity index (χ1n) is 9.58. The summed E-state index contributed by atoms with van der Waals surface area (Å²) in [6.45, 7) is 3.73. The first-order chi connectivity index (χ1) is 13.9. The van der Waals surface area contributed by atoms with Gasteiger partial charge in [-0.25, -0.2) is 0 Å². The number of ether oxygens (including phenoxy) is 1. The number of amides is 1. The molecule has 1 aliphatic rings. The number of benzene rings is 2. The van der Waals surface area contributed by atoms with E-state index < -0.39 is 11.9 Å². The highest BCUT2D eigenvalue weighted by Gasteiger charge is 2.36. The van der Waals surface area contributed by atoms with Crippen LogP contribution in [0.1, 0.15) is 28.0 Å². The summed E-state index contributed by atoms with van der Waals surface area (Å²) in [6.07, 6.45) is 0.0903. The minimum Gasteiger partial charge on any atom is -0.457 e. The number of carbonyl (C=O) groups is 3. The molecule has 2 aromatic carbocycles. The van der Waals surface area contributed by atoms with Crippen LogP contribution in [0.25, 0.3) is 10.9 Å². The second-order valence-corrected chi connectivity index (χ2v) is 7.44. The second-order valence-electron chi connectivity index (χ2n) is 7.44. The molecule has 1 aliphatic heterocycles. The van der Waals surface area contributed by atoms with Gasteiger partial charge in [-0.1, -0.05) is 35.9 Å². The number of hydrogen-bond donors (Lipinski definition) is 1. The van der Waals surface area contributed by atoms with Crippen molar-refractivity contribution in [3.8, 4) is 0 Å². The lowest BCUT2D eigenvalue weighted by Crippen LogP contribution is -2.27. The molecule has 0 radical (unpaired) electrons. The molecule has 148 valence electrons. The van der Waals surface area contributed by atoms with Crippen LogP contribution in [0.5, 0.6) is 0 Å². The number of nitrogens with one attached hydrogen (secondary N) is 1. The SMILES string of the molecule is Cc1ccc(N2C[C@@H](C(=O)OCC(=O)c3c(C)[nH]c4ccccc34)CC2=O)cc1. The molecule has 0 aliphatic carbocycles. The van der Waals surface area contributed by atoms with Gasteiger partial charge in [0.1, 0.15) is 0 Å². The molecule has 3 aromatic rings. The number of esters is 1. The molecule has 1 N–H and O–H groups in total. The molecule has 0 saturated carbocycles. The summed E-state index contributed by atoms with van der Waals surface area (Å²) in [7, 11) is 0. The average molecular weight is 390 g/mol. The van der Waals surface area contributed by atoms with Crippen LogP contribution in [0.3, 0.4) is 0 Å². The van der Waals surface area contributed by atoms with Gasteiger partial charge in [0.25, 0.3) is 0 Å². The molecule has 1 saturated heterocycles. The van der Waals surface area contributed by atoms with Gasteiger partial charge in [-0.2, -0.15) is 0 Å². The lowest BCUT2D eigenvalue weighted by molar-refractivity contribution is -0.147. The van der Waals surface area contributed by atoms with Crippen molar-refractivity contribution in [2.24, 2.45) is 5.92 Å². The number of aromatic nitrogens is 1. The van der Waals surface area contributed by atoms with E-state index in [1.54, 1.807) is 4.90 Å². The fourth-order valence-electron chi connectivity index (χ4n) is 3.80. The minimum atomic E-state index is -0.569. The maximum atomic E-state index is 12.7. The van der Waals surface area contributed by atoms with Gasteiger partial charge in [-0.3, -0.25) is 14.4 Å². The Morgan fingerprint density at radius 2 is 1.83 bits per heavy atom. The third-order valence-corrected chi connectivity index (χ3v) is 5.32. The van der Waals surface area contributed by atoms with E-state index in [2.05, 4.69) is 4.98 Å². The zero-order valence-corrected chi connectivity index (χ0v) is 16.4. The third kappa shape index (κ3) is 3.66. The van der Waals surface area contributed by atoms with Crippen molar-refractivity contribution in [2.45, 2.75) is 20.3 Å². The van der Waals surface area contributed by atoms with Crippen molar-refractivity contribution < 1.29 is 19.1 Å². The number of ketones is 1. The maximum absolute atomic E-state index is 12.7. The van der Waals surface area contributed by atoms with Crippen molar-refractivity contribution in [3.63, 3.8) is 0 Å². The van der Waals surface area contributed by atoms with Gasteiger partial charge in [-0.15, -0.1) is 0 Å². The molecule has 1 atom stereocenters. The van der Waals surface area contributed by atoms with Gasteiger partial charge >= 0.3 is 5.97 Å². The zero-order valence-electron chi connectivity index (χ0n) is 16.4. The van der Waals surface area contributed by atoms with Gasteiger partial charge in [-0.05, 0) is 32.0 Å². The predicted octanol–water partition coefficient (Wildman–Crippen LogP) is 3.56. The average Bonchev–Trinajstić information content (AvgIpc) is 3.26. The van der Waals surface area contributed by atoms with E-state index in [9.17, 15) is 14.4 Å². The number of anilines is 1. The number of Topliss-reactive ketones (excluding diaryl/α,β-unsaturated/α-hetero) is 1. The van der Waals surface area contributed by atoms with Gasteiger partial charge in [0.05, 0.1) is 5.92 Å². The Labute approximate surface area is 168 Å². The number of hydrogen-bond acceptors (Lipinski definition) is 4. The third-order valence-electron chi connectivity index (χ3n) is 5.32. The molecule has 2 heterocycles. The zero-order chi connectivity index (χ0) is 20.5. The van der Waals surface area contributed by atoms with Crippen molar-refractivity contribution in [2.75, 3.05) is 18.1 Å². The Hall–Kier alpha value is -3.41. The predicted molar refractivity (Wildman–Crippen MR) is 110 cm³/mol. The lowest BCUT2D eigenvalue weighted by Gasteiger charge is -2.16. The van der Waals surface area contributed by atoms with Crippen LogP contribution in [0.4, 0.5) is 5.69 Å². The number of aromatic amines is 1. The second kappa shape index (κ2) is 7.54. The van der Waals surface area contributed by atoms with Crippen LogP contribution in [0.15, 0.2) is 48.5 Å². The van der Waals surface area contributed by atoms with Crippen LogP contribution in [-0.2, 0) is 14.3 Å². The Balaban J connectivity index is 1.41. The molecule has 1 fully saturated rings. The summed E-state index contributed by atoms with van der Waals surface area (Å²) in [6, 6.07) is 15.1. The maximum Gasteiger partial charge on any atom is 0.311 e. The number of para-hydroxylation sites is 1. The monoisotopic (exact) mass is 390 g/mol. The van der Waals surface area contributed by atoms with E-state index in [1.165, 1.54) is 0 Å². The first-order valence-corrected chi connectivity index (χ1v) is 9.58. The van der Waals surface area contributed by atoms with Crippen molar-refractivity contribution in [1.82, 2.24) is 4.98 Å². The Morgan fingerprint density at radius 3 is 2.59 bits per heavy atom. The van der Waals surface area contributed by atoms with Gasteiger partial charge in [0.15, 0.2) is 6.61 Å². The van der Waals surface area contributed by atoms with Crippen LogP contribution < -0.4 is 4.90 Å². The largest absolute Gasteiger partial charge is 0.457 e. The molecule has 4 rings (SSSR count). The highest BCUT2D eigenvalue weighted by molar-refractivity contribution is 6.10. The smallest absolute Gasteiger partial charge is 0.311 e. The Bertz CT molecular complexity index is 1100. The highest BCUT2D eigenvalue weighted by Crippen LogP contribution is 2.27. The van der Waals surface area contributed by atoms with Crippen molar-refractivity contribution in [1.29, 1.82) is 0 Å². The van der Waals surface area contributed by atoms with Crippen molar-refractivity contribution in [3.05, 3.63) is 65.4 Å². The van der Waals surface area contributed by atoms with Gasteiger partial charge < -0.3 is 14.6 Å². The normalized spacial score (nSPS) is 16.4. The van der Waals surface area contributed by atoms with E-state index in [1.807, 2.05) is 62.4 Å². The highest BCUT2D eigenvalue weighted by atomic mass is 16.5. The topological polar surface area (TPSA) is 79.5 Å². The molecule has 0 spiro atoms. The summed E-state index contributed by atoms with van der Waals surface area (Å²) in [5, 5.41) is 0.813. The summed E-state index contributed by atoms with van der Waals surface area (Å²) in [4.78, 5) is 42.3. The molecular weight excluding hydrogens is 368 g/mol. The van der Waals surface area contributed by atoms with Crippen LogP contribution in [0.2, 0.25) is 0 Å². The molecule has 29 heavy (non-hydrogen) atoms. The molecule has 6 nitrogen and oxygen atoms in total. The van der Waals surface area contributed by atoms with E-state index in [-0.39, 0.29) is 31.3 Å². The fourth-order valence-corrected chi connectivity index (χ4v) is 3.80. The number of fused-ring (bicyclic) bond motifs is 1. The van der Waals surface area contributed by atoms with Crippen LogP contribution >= 0.6 is 0 Å². The van der Waals surface area contributed by atoms with Crippen LogP contribution in [-0.4, -0.2) is 35.8 Å². The van der Waals surface area contributed by atoms with Gasteiger partial charge in [0, 0.05) is 40.8 Å². The Morgan fingerprint density at radius 1 is 1.10 bits per heavy atom. The summed E-state index contributed by atoms with van der Waals surface area (Å²) in [5.74, 6) is -1.46. The molecule has 1 aromatic heterocycles.